The van der Waals surface area contributed by atoms with Gasteiger partial charge >= 0.3 is 6.09 Å². The molecule has 1 aliphatic heterocycles. The van der Waals surface area contributed by atoms with Crippen LogP contribution in [0.4, 0.5) is 4.79 Å². The first-order chi connectivity index (χ1) is 13.6. The maximum atomic E-state index is 12.5. The molecular weight excluding hydrogens is 354 g/mol. The zero-order valence-corrected chi connectivity index (χ0v) is 15.6. The summed E-state index contributed by atoms with van der Waals surface area (Å²) in [5, 5.41) is 0. The molecule has 0 radical (unpaired) electrons. The number of carbonyl (C=O) groups excluding carboxylic acids is 3. The zero-order chi connectivity index (χ0) is 19.5. The summed E-state index contributed by atoms with van der Waals surface area (Å²) in [6.45, 7) is 1.34. The van der Waals surface area contributed by atoms with E-state index in [1.165, 1.54) is 0 Å². The summed E-state index contributed by atoms with van der Waals surface area (Å²) in [4.78, 5) is 38.5. The van der Waals surface area contributed by atoms with Gasteiger partial charge in [0.1, 0.15) is 18.2 Å². The Morgan fingerprint density at radius 1 is 0.857 bits per heavy atom. The lowest BCUT2D eigenvalue weighted by molar-refractivity contribution is -0.127. The molecule has 1 aliphatic carbocycles. The van der Waals surface area contributed by atoms with Gasteiger partial charge in [0.25, 0.3) is 0 Å². The van der Waals surface area contributed by atoms with E-state index in [-0.39, 0.29) is 48.4 Å². The summed E-state index contributed by atoms with van der Waals surface area (Å²) in [5.74, 6) is 0.272. The third-order valence-corrected chi connectivity index (χ3v) is 5.64. The molecule has 0 aromatic heterocycles. The molecule has 1 amide bonds. The highest BCUT2D eigenvalue weighted by atomic mass is 16.6. The Bertz CT molecular complexity index is 853. The topological polar surface area (TPSA) is 63.7 Å². The van der Waals surface area contributed by atoms with Gasteiger partial charge in [0.05, 0.1) is 6.42 Å². The molecule has 0 N–H and O–H groups in total. The molecule has 2 aromatic rings. The molecule has 1 saturated heterocycles. The number of hydrogen-bond acceptors (Lipinski definition) is 4. The maximum Gasteiger partial charge on any atom is 0.410 e. The van der Waals surface area contributed by atoms with Crippen molar-refractivity contribution in [3.63, 3.8) is 0 Å². The normalized spacial score (nSPS) is 22.4. The number of likely N-dealkylation sites (tertiary alicyclic amines) is 1. The van der Waals surface area contributed by atoms with E-state index in [4.69, 9.17) is 4.74 Å². The number of carbonyl (C=O) groups is 3. The van der Waals surface area contributed by atoms with Gasteiger partial charge in [-0.15, -0.1) is 0 Å². The van der Waals surface area contributed by atoms with Crippen LogP contribution in [0, 0.1) is 17.8 Å². The van der Waals surface area contributed by atoms with Crippen molar-refractivity contribution in [1.82, 2.24) is 4.90 Å². The molecule has 28 heavy (non-hydrogen) atoms. The molecular formula is C23H23NO4. The summed E-state index contributed by atoms with van der Waals surface area (Å²) < 4.78 is 5.36. The molecule has 4 rings (SSSR count). The SMILES string of the molecule is O=C(CC(=O)[C@H]1[C@@H]2CN(C(=O)OCc3ccccc3)C[C@@H]21)Cc1ccccc1. The average molecular weight is 377 g/mol. The van der Waals surface area contributed by atoms with Gasteiger partial charge in [0.2, 0.25) is 0 Å². The van der Waals surface area contributed by atoms with Crippen LogP contribution in [0.25, 0.3) is 0 Å². The number of fused-ring (bicyclic) bond motifs is 1. The van der Waals surface area contributed by atoms with Crippen LogP contribution in [0.5, 0.6) is 0 Å². The van der Waals surface area contributed by atoms with Crippen LogP contribution in [0.3, 0.4) is 0 Å². The van der Waals surface area contributed by atoms with Gasteiger partial charge in [-0.2, -0.15) is 0 Å². The molecule has 2 fully saturated rings. The summed E-state index contributed by atoms with van der Waals surface area (Å²) >= 11 is 0. The van der Waals surface area contributed by atoms with Crippen molar-refractivity contribution < 1.29 is 19.1 Å². The van der Waals surface area contributed by atoms with E-state index >= 15 is 0 Å². The summed E-state index contributed by atoms with van der Waals surface area (Å²) in [6.07, 6.45) is -0.0418. The van der Waals surface area contributed by atoms with E-state index in [9.17, 15) is 14.4 Å². The lowest BCUT2D eigenvalue weighted by atomic mass is 10.0. The molecule has 0 bridgehead atoms. The van der Waals surface area contributed by atoms with Gasteiger partial charge in [-0.3, -0.25) is 9.59 Å². The predicted molar refractivity (Wildman–Crippen MR) is 103 cm³/mol. The van der Waals surface area contributed by atoms with Gasteiger partial charge in [-0.25, -0.2) is 4.79 Å². The molecule has 1 heterocycles. The summed E-state index contributed by atoms with van der Waals surface area (Å²) in [5.41, 5.74) is 1.88. The standard InChI is InChI=1S/C23H23NO4/c25-18(11-16-7-3-1-4-8-16)12-21(26)22-19-13-24(14-20(19)22)23(27)28-15-17-9-5-2-6-10-17/h1-10,19-20,22H,11-15H2/t19-,20+,22+. The van der Waals surface area contributed by atoms with Crippen LogP contribution >= 0.6 is 0 Å². The van der Waals surface area contributed by atoms with E-state index in [0.717, 1.165) is 11.1 Å². The van der Waals surface area contributed by atoms with Gasteiger partial charge in [0.15, 0.2) is 0 Å². The van der Waals surface area contributed by atoms with Gasteiger partial charge in [-0.05, 0) is 23.0 Å². The first-order valence-electron chi connectivity index (χ1n) is 9.66. The number of nitrogens with zero attached hydrogens (tertiary/aromatic N) is 1. The van der Waals surface area contributed by atoms with Gasteiger partial charge < -0.3 is 9.64 Å². The Morgan fingerprint density at radius 3 is 2.04 bits per heavy atom. The van der Waals surface area contributed by atoms with Crippen LogP contribution in [-0.2, 0) is 27.4 Å². The number of Topliss-reactive ketones (excluding diaryl/α,β-unsaturated/α-hetero) is 2. The smallest absolute Gasteiger partial charge is 0.410 e. The third kappa shape index (κ3) is 4.14. The van der Waals surface area contributed by atoms with Gasteiger partial charge in [0, 0.05) is 25.4 Å². The number of piperidine rings is 1. The molecule has 5 nitrogen and oxygen atoms in total. The number of ketones is 2. The Hall–Kier alpha value is -2.95. The van der Waals surface area contributed by atoms with Crippen molar-refractivity contribution in [1.29, 1.82) is 0 Å². The first kappa shape index (κ1) is 18.4. The van der Waals surface area contributed by atoms with E-state index in [1.54, 1.807) is 4.90 Å². The molecule has 0 spiro atoms. The minimum absolute atomic E-state index is 0.00891. The first-order valence-corrected chi connectivity index (χ1v) is 9.66. The molecule has 144 valence electrons. The lowest BCUT2D eigenvalue weighted by Gasteiger charge is -2.19. The van der Waals surface area contributed by atoms with E-state index in [1.807, 2.05) is 60.7 Å². The second kappa shape index (κ2) is 7.97. The maximum absolute atomic E-state index is 12.5. The Kier molecular flexibility index (Phi) is 5.24. The predicted octanol–water partition coefficient (Wildman–Crippen LogP) is 3.27. The van der Waals surface area contributed by atoms with Crippen molar-refractivity contribution in [2.45, 2.75) is 19.4 Å². The molecule has 2 aliphatic rings. The van der Waals surface area contributed by atoms with Crippen LogP contribution in [0.15, 0.2) is 60.7 Å². The number of amides is 1. The Morgan fingerprint density at radius 2 is 1.43 bits per heavy atom. The quantitative estimate of drug-likeness (QED) is 0.695. The molecule has 0 unspecified atom stereocenters. The van der Waals surface area contributed by atoms with Crippen molar-refractivity contribution in [3.05, 3.63) is 71.8 Å². The van der Waals surface area contributed by atoms with E-state index in [0.29, 0.717) is 19.5 Å². The van der Waals surface area contributed by atoms with Gasteiger partial charge in [-0.1, -0.05) is 60.7 Å². The second-order valence-electron chi connectivity index (χ2n) is 7.64. The van der Waals surface area contributed by atoms with Crippen molar-refractivity contribution >= 4 is 17.7 Å². The number of ether oxygens (including phenoxy) is 1. The van der Waals surface area contributed by atoms with Crippen LogP contribution < -0.4 is 0 Å². The van der Waals surface area contributed by atoms with Crippen molar-refractivity contribution in [2.24, 2.45) is 17.8 Å². The van der Waals surface area contributed by atoms with Crippen LogP contribution in [0.1, 0.15) is 17.5 Å². The van der Waals surface area contributed by atoms with Crippen molar-refractivity contribution in [2.75, 3.05) is 13.1 Å². The Labute approximate surface area is 164 Å². The largest absolute Gasteiger partial charge is 0.445 e. The van der Waals surface area contributed by atoms with Crippen LogP contribution in [-0.4, -0.2) is 35.6 Å². The highest BCUT2D eigenvalue weighted by molar-refractivity contribution is 6.02. The van der Waals surface area contributed by atoms with Crippen LogP contribution in [0.2, 0.25) is 0 Å². The zero-order valence-electron chi connectivity index (χ0n) is 15.6. The Balaban J connectivity index is 1.20. The minimum atomic E-state index is -0.331. The minimum Gasteiger partial charge on any atom is -0.445 e. The molecule has 5 heteroatoms. The highest BCUT2D eigenvalue weighted by Gasteiger charge is 2.60. The fourth-order valence-corrected chi connectivity index (χ4v) is 4.16. The molecule has 2 aromatic carbocycles. The average Bonchev–Trinajstić information content (AvgIpc) is 3.21. The second-order valence-corrected chi connectivity index (χ2v) is 7.64. The van der Waals surface area contributed by atoms with E-state index < -0.39 is 0 Å². The summed E-state index contributed by atoms with van der Waals surface area (Å²) in [6, 6.07) is 19.0. The highest BCUT2D eigenvalue weighted by Crippen LogP contribution is 2.52. The summed E-state index contributed by atoms with van der Waals surface area (Å²) in [7, 11) is 0. The number of hydrogen-bond donors (Lipinski definition) is 0. The van der Waals surface area contributed by atoms with Crippen molar-refractivity contribution in [3.8, 4) is 0 Å². The monoisotopic (exact) mass is 377 g/mol. The molecule has 3 atom stereocenters. The third-order valence-electron chi connectivity index (χ3n) is 5.64. The lowest BCUT2D eigenvalue weighted by Crippen LogP contribution is -2.33. The fourth-order valence-electron chi connectivity index (χ4n) is 4.16. The van der Waals surface area contributed by atoms with E-state index in [2.05, 4.69) is 0 Å². The fraction of sp³-hybridized carbons (Fsp3) is 0.348. The number of benzene rings is 2. The molecule has 1 saturated carbocycles. The number of rotatable bonds is 7.